The topological polar surface area (TPSA) is 67.4 Å². The number of halogens is 2. The molecule has 1 aromatic carbocycles. The van der Waals surface area contributed by atoms with Crippen molar-refractivity contribution < 1.29 is 14.3 Å². The average Bonchev–Trinajstić information content (AvgIpc) is 2.45. The summed E-state index contributed by atoms with van der Waals surface area (Å²) in [6, 6.07) is 4.24. The van der Waals surface area contributed by atoms with Crippen molar-refractivity contribution in [3.05, 3.63) is 45.1 Å². The first kappa shape index (κ1) is 16.7. The van der Waals surface area contributed by atoms with Gasteiger partial charge in [-0.1, -0.05) is 29.3 Å². The number of methoxy groups -OCH3 is 1. The van der Waals surface area contributed by atoms with Crippen molar-refractivity contribution >= 4 is 52.3 Å². The molecule has 0 fully saturated rings. The fourth-order valence-corrected chi connectivity index (χ4v) is 3.09. The van der Waals surface area contributed by atoms with E-state index in [4.69, 9.17) is 35.4 Å². The molecule has 1 atom stereocenters. The average molecular weight is 359 g/mol. The highest BCUT2D eigenvalue weighted by Crippen LogP contribution is 2.36. The molecule has 0 saturated heterocycles. The van der Waals surface area contributed by atoms with Crippen LogP contribution in [0.15, 0.2) is 29.5 Å². The zero-order valence-corrected chi connectivity index (χ0v) is 14.0. The Hall–Kier alpha value is -1.63. The predicted octanol–water partition coefficient (Wildman–Crippen LogP) is 2.53. The minimum absolute atomic E-state index is 0.162. The minimum Gasteiger partial charge on any atom is -0.463 e. The molecule has 0 radical (unpaired) electrons. The van der Waals surface area contributed by atoms with Crippen LogP contribution in [0.1, 0.15) is 18.5 Å². The number of allylic oxidation sites excluding steroid dienone is 1. The second kappa shape index (κ2) is 6.64. The number of esters is 1. The molecule has 0 unspecified atom stereocenters. The third-order valence-corrected chi connectivity index (χ3v) is 4.05. The van der Waals surface area contributed by atoms with Crippen LogP contribution in [0.5, 0.6) is 0 Å². The third kappa shape index (κ3) is 3.09. The van der Waals surface area contributed by atoms with Crippen LogP contribution in [0.3, 0.4) is 0 Å². The summed E-state index contributed by atoms with van der Waals surface area (Å²) in [6.45, 7) is 1.64. The van der Waals surface area contributed by atoms with Gasteiger partial charge < -0.3 is 15.4 Å². The summed E-state index contributed by atoms with van der Waals surface area (Å²) in [5, 5.41) is 6.76. The maximum absolute atomic E-state index is 12.3. The van der Waals surface area contributed by atoms with Crippen LogP contribution in [0, 0.1) is 0 Å². The molecule has 0 spiro atoms. The molecule has 1 aliphatic rings. The van der Waals surface area contributed by atoms with Crippen LogP contribution in [-0.2, 0) is 14.3 Å². The standard InChI is InChI=1S/C14H12Cl2N2O3S/c1-6-9(12(19)13(20)21-2)11(18-14(22)17-6)10-7(15)4-3-5-8(10)16/h3-5,11H,1-2H3,(H2,17,18,22)/t11-/m0/s1. The molecule has 0 bridgehead atoms. The number of carbonyl (C=O) groups is 2. The van der Waals surface area contributed by atoms with Gasteiger partial charge in [0.1, 0.15) is 0 Å². The molecule has 1 heterocycles. The quantitative estimate of drug-likeness (QED) is 0.491. The number of thiocarbonyl (C=S) groups is 1. The van der Waals surface area contributed by atoms with Gasteiger partial charge in [-0.25, -0.2) is 4.79 Å². The molecular weight excluding hydrogens is 347 g/mol. The van der Waals surface area contributed by atoms with Crippen molar-refractivity contribution in [2.45, 2.75) is 13.0 Å². The molecule has 116 valence electrons. The Kier molecular flexibility index (Phi) is 5.05. The van der Waals surface area contributed by atoms with Crippen LogP contribution in [-0.4, -0.2) is 24.0 Å². The number of rotatable bonds is 3. The summed E-state index contributed by atoms with van der Waals surface area (Å²) in [6.07, 6.45) is 0. The molecule has 0 aromatic heterocycles. The summed E-state index contributed by atoms with van der Waals surface area (Å²) in [5.74, 6) is -1.76. The number of Topliss-reactive ketones (excluding diaryl/α,β-unsaturated/α-hetero) is 1. The lowest BCUT2D eigenvalue weighted by atomic mass is 9.92. The molecule has 0 saturated carbocycles. The summed E-state index contributed by atoms with van der Waals surface area (Å²) in [4.78, 5) is 23.9. The highest BCUT2D eigenvalue weighted by Gasteiger charge is 2.35. The lowest BCUT2D eigenvalue weighted by Gasteiger charge is -2.30. The number of hydrogen-bond acceptors (Lipinski definition) is 4. The van der Waals surface area contributed by atoms with Gasteiger partial charge in [0.25, 0.3) is 5.78 Å². The number of carbonyl (C=O) groups excluding carboxylic acids is 2. The first-order chi connectivity index (χ1) is 10.4. The van der Waals surface area contributed by atoms with Gasteiger partial charge in [-0.15, -0.1) is 0 Å². The second-order valence-corrected chi connectivity index (χ2v) is 5.75. The molecule has 2 rings (SSSR count). The van der Waals surface area contributed by atoms with Crippen LogP contribution < -0.4 is 10.6 Å². The molecule has 1 aromatic rings. The van der Waals surface area contributed by atoms with Gasteiger partial charge in [0.05, 0.1) is 18.7 Å². The van der Waals surface area contributed by atoms with E-state index in [1.807, 2.05) is 0 Å². The van der Waals surface area contributed by atoms with Gasteiger partial charge in [-0.2, -0.15) is 0 Å². The zero-order valence-electron chi connectivity index (χ0n) is 11.7. The molecule has 0 aliphatic carbocycles. The fourth-order valence-electron chi connectivity index (χ4n) is 2.20. The molecule has 2 N–H and O–H groups in total. The van der Waals surface area contributed by atoms with E-state index in [1.165, 1.54) is 0 Å². The molecular formula is C14H12Cl2N2O3S. The SMILES string of the molecule is COC(=O)C(=O)C1=C(C)NC(=S)N[C@@H]1c1c(Cl)cccc1Cl. The maximum Gasteiger partial charge on any atom is 0.379 e. The number of nitrogens with one attached hydrogen (secondary N) is 2. The van der Waals surface area contributed by atoms with Crippen LogP contribution in [0.25, 0.3) is 0 Å². The Balaban J connectivity index is 2.61. The Morgan fingerprint density at radius 3 is 2.41 bits per heavy atom. The van der Waals surface area contributed by atoms with Gasteiger partial charge in [0.2, 0.25) is 0 Å². The van der Waals surface area contributed by atoms with Gasteiger partial charge in [0, 0.05) is 21.3 Å². The van der Waals surface area contributed by atoms with E-state index >= 15 is 0 Å². The number of ketones is 1. The predicted molar refractivity (Wildman–Crippen MR) is 87.8 cm³/mol. The van der Waals surface area contributed by atoms with Crippen molar-refractivity contribution in [3.63, 3.8) is 0 Å². The second-order valence-electron chi connectivity index (χ2n) is 4.53. The van der Waals surface area contributed by atoms with E-state index in [9.17, 15) is 9.59 Å². The summed E-state index contributed by atoms with van der Waals surface area (Å²) >= 11 is 17.5. The zero-order chi connectivity index (χ0) is 16.4. The highest BCUT2D eigenvalue weighted by atomic mass is 35.5. The Morgan fingerprint density at radius 2 is 1.86 bits per heavy atom. The van der Waals surface area contributed by atoms with Crippen LogP contribution >= 0.6 is 35.4 Å². The van der Waals surface area contributed by atoms with Crippen molar-refractivity contribution in [1.29, 1.82) is 0 Å². The maximum atomic E-state index is 12.3. The van der Waals surface area contributed by atoms with Crippen LogP contribution in [0.4, 0.5) is 0 Å². The first-order valence-corrected chi connectivity index (χ1v) is 7.38. The van der Waals surface area contributed by atoms with Gasteiger partial charge >= 0.3 is 5.97 Å². The molecule has 0 amide bonds. The lowest BCUT2D eigenvalue weighted by Crippen LogP contribution is -2.46. The largest absolute Gasteiger partial charge is 0.463 e. The molecule has 8 heteroatoms. The summed E-state index contributed by atoms with van der Waals surface area (Å²) in [7, 11) is 1.14. The Bertz CT molecular complexity index is 683. The van der Waals surface area contributed by atoms with Crippen molar-refractivity contribution in [2.24, 2.45) is 0 Å². The number of ether oxygens (including phenoxy) is 1. The van der Waals surface area contributed by atoms with E-state index in [0.717, 1.165) is 7.11 Å². The van der Waals surface area contributed by atoms with E-state index in [1.54, 1.807) is 25.1 Å². The minimum atomic E-state index is -0.973. The monoisotopic (exact) mass is 358 g/mol. The van der Waals surface area contributed by atoms with Gasteiger partial charge in [-0.05, 0) is 31.3 Å². The summed E-state index contributed by atoms with van der Waals surface area (Å²) in [5.41, 5.74) is 1.08. The third-order valence-electron chi connectivity index (χ3n) is 3.17. The van der Waals surface area contributed by atoms with E-state index in [0.29, 0.717) is 26.4 Å². The number of hydrogen-bond donors (Lipinski definition) is 2. The fraction of sp³-hybridized carbons (Fsp3) is 0.214. The van der Waals surface area contributed by atoms with Crippen LogP contribution in [0.2, 0.25) is 10.0 Å². The first-order valence-electron chi connectivity index (χ1n) is 6.21. The normalized spacial score (nSPS) is 17.6. The molecule has 22 heavy (non-hydrogen) atoms. The highest BCUT2D eigenvalue weighted by molar-refractivity contribution is 7.80. The lowest BCUT2D eigenvalue weighted by molar-refractivity contribution is -0.150. The van der Waals surface area contributed by atoms with Crippen molar-refractivity contribution in [1.82, 2.24) is 10.6 Å². The molecule has 1 aliphatic heterocycles. The van der Waals surface area contributed by atoms with Gasteiger partial charge in [-0.3, -0.25) is 4.79 Å². The smallest absolute Gasteiger partial charge is 0.379 e. The van der Waals surface area contributed by atoms with E-state index < -0.39 is 17.8 Å². The number of benzene rings is 1. The van der Waals surface area contributed by atoms with Gasteiger partial charge in [0.15, 0.2) is 5.11 Å². The van der Waals surface area contributed by atoms with E-state index in [2.05, 4.69) is 15.4 Å². The Labute approximate surface area is 142 Å². The van der Waals surface area contributed by atoms with Crippen molar-refractivity contribution in [3.8, 4) is 0 Å². The van der Waals surface area contributed by atoms with Crippen molar-refractivity contribution in [2.75, 3.05) is 7.11 Å². The van der Waals surface area contributed by atoms with E-state index in [-0.39, 0.29) is 5.57 Å². The summed E-state index contributed by atoms with van der Waals surface area (Å²) < 4.78 is 4.51. The molecule has 5 nitrogen and oxygen atoms in total. The Morgan fingerprint density at radius 1 is 1.27 bits per heavy atom.